The summed E-state index contributed by atoms with van der Waals surface area (Å²) >= 11 is 2.11. The van der Waals surface area contributed by atoms with Gasteiger partial charge in [0.05, 0.1) is 21.3 Å². The fourth-order valence-electron chi connectivity index (χ4n) is 2.00. The second-order valence-corrected chi connectivity index (χ2v) is 5.88. The predicted molar refractivity (Wildman–Crippen MR) is 97.1 cm³/mol. The van der Waals surface area contributed by atoms with E-state index in [0.29, 0.717) is 23.7 Å². The van der Waals surface area contributed by atoms with Gasteiger partial charge in [0.1, 0.15) is 6.61 Å². The Morgan fingerprint density at radius 1 is 1.29 bits per heavy atom. The number of nitro benzene ring substituents is 1. The third-order valence-corrected chi connectivity index (χ3v) is 3.87. The minimum atomic E-state index is -0.442. The van der Waals surface area contributed by atoms with Crippen molar-refractivity contribution in [2.45, 2.75) is 13.5 Å². The van der Waals surface area contributed by atoms with Crippen LogP contribution in [0, 0.1) is 13.7 Å². The lowest BCUT2D eigenvalue weighted by Crippen LogP contribution is -2.02. The highest BCUT2D eigenvalue weighted by Gasteiger charge is 2.12. The zero-order chi connectivity index (χ0) is 17.5. The summed E-state index contributed by atoms with van der Waals surface area (Å²) in [5, 5.41) is 22.3. The van der Waals surface area contributed by atoms with Crippen molar-refractivity contribution in [1.82, 2.24) is 0 Å². The first-order chi connectivity index (χ1) is 11.5. The molecule has 0 atom stereocenters. The molecule has 0 aromatic heterocycles. The van der Waals surface area contributed by atoms with Crippen LogP contribution in [0.25, 0.3) is 0 Å². The van der Waals surface area contributed by atoms with Crippen LogP contribution < -0.4 is 9.47 Å². The van der Waals surface area contributed by atoms with Crippen LogP contribution in [0.15, 0.2) is 41.6 Å². The summed E-state index contributed by atoms with van der Waals surface area (Å²) in [6.07, 6.45) is 1.31. The maximum atomic E-state index is 10.7. The first kappa shape index (κ1) is 18.0. The molecule has 0 saturated heterocycles. The SMILES string of the molecule is CCOc1cc(/C=N\O)cc(I)c1OCc1ccc([N+](=O)[O-])cc1. The molecule has 0 heterocycles. The zero-order valence-electron chi connectivity index (χ0n) is 12.8. The maximum absolute atomic E-state index is 10.7. The van der Waals surface area contributed by atoms with Gasteiger partial charge in [-0.1, -0.05) is 5.16 Å². The molecule has 1 N–H and O–H groups in total. The molecular formula is C16H15IN2O5. The first-order valence-corrected chi connectivity index (χ1v) is 8.13. The standard InChI is InChI=1S/C16H15IN2O5/c1-2-23-15-8-12(9-18-20)7-14(17)16(15)24-10-11-3-5-13(6-4-11)19(21)22/h3-9,20H,2,10H2,1H3/b18-9-. The molecule has 0 amide bonds. The van der Waals surface area contributed by atoms with E-state index in [1.165, 1.54) is 18.3 Å². The molecule has 7 nitrogen and oxygen atoms in total. The molecule has 0 unspecified atom stereocenters. The van der Waals surface area contributed by atoms with Gasteiger partial charge in [-0.15, -0.1) is 0 Å². The van der Waals surface area contributed by atoms with Gasteiger partial charge in [-0.25, -0.2) is 0 Å². The number of hydrogen-bond acceptors (Lipinski definition) is 6. The lowest BCUT2D eigenvalue weighted by atomic mass is 10.2. The normalized spacial score (nSPS) is 10.8. The van der Waals surface area contributed by atoms with Crippen molar-refractivity contribution in [3.8, 4) is 11.5 Å². The fraction of sp³-hybridized carbons (Fsp3) is 0.188. The Kier molecular flexibility index (Phi) is 6.36. The number of rotatable bonds is 7. The van der Waals surface area contributed by atoms with Crippen LogP contribution in [0.2, 0.25) is 0 Å². The second kappa shape index (κ2) is 8.48. The molecule has 24 heavy (non-hydrogen) atoms. The summed E-state index contributed by atoms with van der Waals surface area (Å²) in [5.41, 5.74) is 1.53. The van der Waals surface area contributed by atoms with E-state index in [1.807, 2.05) is 6.92 Å². The van der Waals surface area contributed by atoms with Gasteiger partial charge in [0, 0.05) is 17.7 Å². The van der Waals surface area contributed by atoms with Gasteiger partial charge in [-0.2, -0.15) is 0 Å². The van der Waals surface area contributed by atoms with E-state index in [1.54, 1.807) is 24.3 Å². The van der Waals surface area contributed by atoms with Gasteiger partial charge < -0.3 is 14.7 Å². The molecule has 0 aliphatic carbocycles. The summed E-state index contributed by atoms with van der Waals surface area (Å²) in [6.45, 7) is 2.57. The van der Waals surface area contributed by atoms with Crippen LogP contribution >= 0.6 is 22.6 Å². The number of nitrogens with zero attached hydrogens (tertiary/aromatic N) is 2. The molecule has 0 saturated carbocycles. The lowest BCUT2D eigenvalue weighted by molar-refractivity contribution is -0.384. The Morgan fingerprint density at radius 3 is 2.58 bits per heavy atom. The molecule has 2 aromatic carbocycles. The number of hydrogen-bond donors (Lipinski definition) is 1. The largest absolute Gasteiger partial charge is 0.490 e. The third-order valence-electron chi connectivity index (χ3n) is 3.07. The van der Waals surface area contributed by atoms with Crippen molar-refractivity contribution in [2.24, 2.45) is 5.16 Å². The highest BCUT2D eigenvalue weighted by atomic mass is 127. The minimum absolute atomic E-state index is 0.0379. The second-order valence-electron chi connectivity index (χ2n) is 4.72. The van der Waals surface area contributed by atoms with E-state index >= 15 is 0 Å². The Hall–Kier alpha value is -2.36. The van der Waals surface area contributed by atoms with Crippen molar-refractivity contribution in [3.63, 3.8) is 0 Å². The number of ether oxygens (including phenoxy) is 2. The molecule has 126 valence electrons. The van der Waals surface area contributed by atoms with Crippen LogP contribution in [0.5, 0.6) is 11.5 Å². The molecular weight excluding hydrogens is 427 g/mol. The van der Waals surface area contributed by atoms with Crippen LogP contribution in [-0.2, 0) is 6.61 Å². The van der Waals surface area contributed by atoms with Gasteiger partial charge in [-0.05, 0) is 59.3 Å². The zero-order valence-corrected chi connectivity index (χ0v) is 15.0. The molecule has 0 aliphatic rings. The van der Waals surface area contributed by atoms with Gasteiger partial charge >= 0.3 is 0 Å². The lowest BCUT2D eigenvalue weighted by Gasteiger charge is -2.14. The molecule has 2 aromatic rings. The van der Waals surface area contributed by atoms with Crippen molar-refractivity contribution in [3.05, 3.63) is 61.2 Å². The predicted octanol–water partition coefficient (Wildman–Crippen LogP) is 3.99. The molecule has 8 heteroatoms. The fourth-order valence-corrected chi connectivity index (χ4v) is 2.78. The van der Waals surface area contributed by atoms with Crippen LogP contribution in [-0.4, -0.2) is 23.0 Å². The number of nitro groups is 1. The monoisotopic (exact) mass is 442 g/mol. The van der Waals surface area contributed by atoms with Gasteiger partial charge in [0.15, 0.2) is 11.5 Å². The summed E-state index contributed by atoms with van der Waals surface area (Å²) in [4.78, 5) is 10.2. The summed E-state index contributed by atoms with van der Waals surface area (Å²) in [6, 6.07) is 9.70. The number of halogens is 1. The van der Waals surface area contributed by atoms with E-state index in [4.69, 9.17) is 14.7 Å². The third kappa shape index (κ3) is 4.57. The van der Waals surface area contributed by atoms with Gasteiger partial charge in [0.2, 0.25) is 0 Å². The van der Waals surface area contributed by atoms with Gasteiger partial charge in [-0.3, -0.25) is 10.1 Å². The highest BCUT2D eigenvalue weighted by molar-refractivity contribution is 14.1. The van der Waals surface area contributed by atoms with Crippen LogP contribution in [0.3, 0.4) is 0 Å². The summed E-state index contributed by atoms with van der Waals surface area (Å²) in [7, 11) is 0. The summed E-state index contributed by atoms with van der Waals surface area (Å²) in [5.74, 6) is 1.12. The number of non-ortho nitro benzene ring substituents is 1. The van der Waals surface area contributed by atoms with E-state index in [9.17, 15) is 10.1 Å². The first-order valence-electron chi connectivity index (χ1n) is 7.05. The Labute approximate surface area is 152 Å². The maximum Gasteiger partial charge on any atom is 0.269 e. The molecule has 0 fully saturated rings. The van der Waals surface area contributed by atoms with Crippen molar-refractivity contribution >= 4 is 34.5 Å². The van der Waals surface area contributed by atoms with Crippen molar-refractivity contribution in [2.75, 3.05) is 6.61 Å². The van der Waals surface area contributed by atoms with Crippen molar-refractivity contribution < 1.29 is 19.6 Å². The number of oxime groups is 1. The van der Waals surface area contributed by atoms with Gasteiger partial charge in [0.25, 0.3) is 5.69 Å². The molecule has 0 radical (unpaired) electrons. The highest BCUT2D eigenvalue weighted by Crippen LogP contribution is 2.34. The Balaban J connectivity index is 2.20. The quantitative estimate of drug-likeness (QED) is 0.230. The molecule has 0 bridgehead atoms. The van der Waals surface area contributed by atoms with E-state index in [0.717, 1.165) is 9.13 Å². The van der Waals surface area contributed by atoms with Crippen LogP contribution in [0.1, 0.15) is 18.1 Å². The molecule has 2 rings (SSSR count). The van der Waals surface area contributed by atoms with E-state index < -0.39 is 4.92 Å². The minimum Gasteiger partial charge on any atom is -0.490 e. The topological polar surface area (TPSA) is 94.2 Å². The van der Waals surface area contributed by atoms with E-state index in [-0.39, 0.29) is 12.3 Å². The Morgan fingerprint density at radius 2 is 2.00 bits per heavy atom. The smallest absolute Gasteiger partial charge is 0.269 e. The summed E-state index contributed by atoms with van der Waals surface area (Å²) < 4.78 is 12.2. The van der Waals surface area contributed by atoms with Crippen molar-refractivity contribution in [1.29, 1.82) is 0 Å². The average Bonchev–Trinajstić information content (AvgIpc) is 2.55. The Bertz CT molecular complexity index is 747. The van der Waals surface area contributed by atoms with E-state index in [2.05, 4.69) is 27.7 Å². The molecule has 0 spiro atoms. The van der Waals surface area contributed by atoms with Crippen LogP contribution in [0.4, 0.5) is 5.69 Å². The molecule has 0 aliphatic heterocycles. The average molecular weight is 442 g/mol. The number of benzene rings is 2.